The molecule has 0 aromatic carbocycles. The Morgan fingerprint density at radius 1 is 0.634 bits per heavy atom. The van der Waals surface area contributed by atoms with Gasteiger partial charge in [0.15, 0.2) is 0 Å². The van der Waals surface area contributed by atoms with Gasteiger partial charge in [-0.1, -0.05) is 40.0 Å². The van der Waals surface area contributed by atoms with Gasteiger partial charge in [-0.2, -0.15) is 0 Å². The molecule has 233 valence electrons. The topological polar surface area (TPSA) is 52.6 Å². The SMILES string of the molecule is COC1CCC(C(C)(C)C2CCC(OC3C[CH]C(C(=O)C4CCCC(C(=O)C5CCC(C)CC5)C4)CC3)CC2)CC1. The molecule has 5 rings (SSSR count). The standard InChI is InChI=1S/C37H61O4/c1-25-8-10-26(11-9-25)35(38)28-6-5-7-29(24-28)36(39)27-12-18-33(19-13-27)41-34-22-16-31(17-23-34)37(2,3)30-14-20-32(40-4)21-15-30/h12,25-34H,5-11,13-24H2,1-4H3. The lowest BCUT2D eigenvalue weighted by molar-refractivity contribution is -0.133. The lowest BCUT2D eigenvalue weighted by atomic mass is 9.60. The van der Waals surface area contributed by atoms with Crippen molar-refractivity contribution in [1.29, 1.82) is 0 Å². The average molecular weight is 570 g/mol. The number of carbonyl (C=O) groups excluding carboxylic acids is 2. The summed E-state index contributed by atoms with van der Waals surface area (Å²) in [7, 11) is 1.87. The molecule has 0 heterocycles. The first kappa shape index (κ1) is 31.7. The fourth-order valence-electron chi connectivity index (χ4n) is 9.78. The maximum Gasteiger partial charge on any atom is 0.139 e. The van der Waals surface area contributed by atoms with Crippen LogP contribution in [-0.4, -0.2) is 37.0 Å². The highest BCUT2D eigenvalue weighted by Crippen LogP contribution is 2.49. The summed E-state index contributed by atoms with van der Waals surface area (Å²) >= 11 is 0. The molecule has 0 amide bonds. The van der Waals surface area contributed by atoms with Gasteiger partial charge in [0.2, 0.25) is 0 Å². The fraction of sp³-hybridized carbons (Fsp3) is 0.919. The highest BCUT2D eigenvalue weighted by Gasteiger charge is 2.42. The molecule has 4 heteroatoms. The van der Waals surface area contributed by atoms with Gasteiger partial charge >= 0.3 is 0 Å². The maximum absolute atomic E-state index is 13.5. The van der Waals surface area contributed by atoms with E-state index in [1.165, 1.54) is 64.2 Å². The summed E-state index contributed by atoms with van der Waals surface area (Å²) in [5.74, 6) is 3.90. The van der Waals surface area contributed by atoms with E-state index in [0.717, 1.165) is 75.5 Å². The van der Waals surface area contributed by atoms with Crippen molar-refractivity contribution in [3.63, 3.8) is 0 Å². The van der Waals surface area contributed by atoms with Crippen molar-refractivity contribution in [2.45, 2.75) is 161 Å². The highest BCUT2D eigenvalue weighted by molar-refractivity contribution is 5.87. The number of ether oxygens (including phenoxy) is 2. The van der Waals surface area contributed by atoms with Crippen molar-refractivity contribution in [2.24, 2.45) is 46.8 Å². The summed E-state index contributed by atoms with van der Waals surface area (Å²) < 4.78 is 12.3. The van der Waals surface area contributed by atoms with Gasteiger partial charge in [-0.25, -0.2) is 0 Å². The van der Waals surface area contributed by atoms with Crippen molar-refractivity contribution in [3.8, 4) is 0 Å². The minimum absolute atomic E-state index is 0.0777. The van der Waals surface area contributed by atoms with Crippen LogP contribution >= 0.6 is 0 Å². The van der Waals surface area contributed by atoms with E-state index < -0.39 is 0 Å². The number of Topliss-reactive ketones (excluding diaryl/α,β-unsaturated/α-hetero) is 2. The number of ketones is 2. The van der Waals surface area contributed by atoms with E-state index in [-0.39, 0.29) is 29.8 Å². The minimum atomic E-state index is 0.0777. The van der Waals surface area contributed by atoms with E-state index in [4.69, 9.17) is 9.47 Å². The second-order valence-corrected chi connectivity index (χ2v) is 15.7. The van der Waals surface area contributed by atoms with Crippen LogP contribution in [0.5, 0.6) is 0 Å². The number of methoxy groups -OCH3 is 1. The van der Waals surface area contributed by atoms with E-state index in [2.05, 4.69) is 27.2 Å². The van der Waals surface area contributed by atoms with E-state index in [1.54, 1.807) is 0 Å². The molecule has 5 aliphatic carbocycles. The predicted octanol–water partition coefficient (Wildman–Crippen LogP) is 8.94. The van der Waals surface area contributed by atoms with Gasteiger partial charge in [-0.3, -0.25) is 9.59 Å². The van der Waals surface area contributed by atoms with Crippen molar-refractivity contribution < 1.29 is 19.1 Å². The Kier molecular flexibility index (Phi) is 11.1. The van der Waals surface area contributed by atoms with Gasteiger partial charge in [0.1, 0.15) is 11.6 Å². The summed E-state index contributed by atoms with van der Waals surface area (Å²) in [5.41, 5.74) is 0.410. The molecule has 5 aliphatic rings. The Balaban J connectivity index is 1.02. The van der Waals surface area contributed by atoms with Gasteiger partial charge in [0.25, 0.3) is 0 Å². The normalized spacial score (nSPS) is 41.1. The summed E-state index contributed by atoms with van der Waals surface area (Å²) in [6, 6.07) is 0. The van der Waals surface area contributed by atoms with Gasteiger partial charge in [0, 0.05) is 30.8 Å². The minimum Gasteiger partial charge on any atom is -0.381 e. The predicted molar refractivity (Wildman–Crippen MR) is 165 cm³/mol. The van der Waals surface area contributed by atoms with E-state index in [9.17, 15) is 9.59 Å². The highest BCUT2D eigenvalue weighted by atomic mass is 16.5. The van der Waals surface area contributed by atoms with Crippen LogP contribution in [-0.2, 0) is 19.1 Å². The van der Waals surface area contributed by atoms with E-state index in [0.29, 0.717) is 29.2 Å². The van der Waals surface area contributed by atoms with Crippen LogP contribution in [0.3, 0.4) is 0 Å². The Morgan fingerprint density at radius 3 is 1.76 bits per heavy atom. The lowest BCUT2D eigenvalue weighted by Crippen LogP contribution is -2.40. The number of rotatable bonds is 9. The molecule has 0 aromatic heterocycles. The van der Waals surface area contributed by atoms with Crippen molar-refractivity contribution in [1.82, 2.24) is 0 Å². The summed E-state index contributed by atoms with van der Waals surface area (Å²) in [4.78, 5) is 26.8. The first-order valence-corrected chi connectivity index (χ1v) is 17.8. The van der Waals surface area contributed by atoms with Crippen LogP contribution < -0.4 is 0 Å². The molecule has 5 saturated carbocycles. The Labute approximate surface area is 251 Å². The van der Waals surface area contributed by atoms with Gasteiger partial charge in [-0.15, -0.1) is 0 Å². The zero-order chi connectivity index (χ0) is 29.0. The maximum atomic E-state index is 13.5. The Bertz CT molecular complexity index is 833. The molecule has 0 N–H and O–H groups in total. The lowest BCUT2D eigenvalue weighted by Gasteiger charge is -2.47. The molecule has 0 aliphatic heterocycles. The molecule has 0 spiro atoms. The first-order chi connectivity index (χ1) is 19.7. The molecule has 1 radical (unpaired) electrons. The molecule has 4 nitrogen and oxygen atoms in total. The smallest absolute Gasteiger partial charge is 0.139 e. The van der Waals surface area contributed by atoms with Crippen LogP contribution in [0, 0.1) is 53.3 Å². The molecule has 5 fully saturated rings. The molecule has 0 saturated heterocycles. The third kappa shape index (κ3) is 7.86. The van der Waals surface area contributed by atoms with Crippen LogP contribution in [0.2, 0.25) is 0 Å². The molecule has 0 bridgehead atoms. The largest absolute Gasteiger partial charge is 0.381 e. The zero-order valence-electron chi connectivity index (χ0n) is 26.9. The first-order valence-electron chi connectivity index (χ1n) is 17.8. The molecule has 41 heavy (non-hydrogen) atoms. The van der Waals surface area contributed by atoms with Crippen LogP contribution in [0.15, 0.2) is 0 Å². The van der Waals surface area contributed by atoms with Gasteiger partial charge in [0.05, 0.1) is 18.3 Å². The number of carbonyl (C=O) groups is 2. The van der Waals surface area contributed by atoms with Crippen molar-refractivity contribution in [2.75, 3.05) is 7.11 Å². The number of hydrogen-bond acceptors (Lipinski definition) is 4. The van der Waals surface area contributed by atoms with E-state index >= 15 is 0 Å². The van der Waals surface area contributed by atoms with Gasteiger partial charge < -0.3 is 9.47 Å². The summed E-state index contributed by atoms with van der Waals surface area (Å²) in [6.07, 6.45) is 24.8. The third-order valence-corrected chi connectivity index (χ3v) is 12.9. The summed E-state index contributed by atoms with van der Waals surface area (Å²) in [5, 5.41) is 0. The summed E-state index contributed by atoms with van der Waals surface area (Å²) in [6.45, 7) is 7.38. The zero-order valence-corrected chi connectivity index (χ0v) is 26.9. The monoisotopic (exact) mass is 569 g/mol. The van der Waals surface area contributed by atoms with Crippen LogP contribution in [0.4, 0.5) is 0 Å². The van der Waals surface area contributed by atoms with Crippen LogP contribution in [0.1, 0.15) is 143 Å². The molecule has 0 aromatic rings. The Hall–Kier alpha value is -0.740. The number of hydrogen-bond donors (Lipinski definition) is 0. The fourth-order valence-corrected chi connectivity index (χ4v) is 9.78. The van der Waals surface area contributed by atoms with Gasteiger partial charge in [-0.05, 0) is 132 Å². The molecular weight excluding hydrogens is 508 g/mol. The van der Waals surface area contributed by atoms with Crippen LogP contribution in [0.25, 0.3) is 0 Å². The third-order valence-electron chi connectivity index (χ3n) is 12.9. The average Bonchev–Trinajstić information content (AvgIpc) is 3.01. The molecule has 4 atom stereocenters. The second-order valence-electron chi connectivity index (χ2n) is 15.7. The van der Waals surface area contributed by atoms with E-state index in [1.807, 2.05) is 7.11 Å². The van der Waals surface area contributed by atoms with Crippen molar-refractivity contribution in [3.05, 3.63) is 6.42 Å². The molecular formula is C37H61O4. The Morgan fingerprint density at radius 2 is 1.20 bits per heavy atom. The second kappa shape index (κ2) is 14.4. The quantitative estimate of drug-likeness (QED) is 0.278. The molecule has 4 unspecified atom stereocenters. The van der Waals surface area contributed by atoms with Crippen molar-refractivity contribution >= 4 is 11.6 Å².